The molecule has 0 atom stereocenters. The van der Waals surface area contributed by atoms with E-state index in [1.165, 1.54) is 12.3 Å². The lowest BCUT2D eigenvalue weighted by Crippen LogP contribution is -2.30. The number of aliphatic carboxylic acids is 1. The summed E-state index contributed by atoms with van der Waals surface area (Å²) >= 11 is 0. The largest absolute Gasteiger partial charge is 0.477 e. The molecule has 0 saturated carbocycles. The van der Waals surface area contributed by atoms with E-state index >= 15 is 0 Å². The van der Waals surface area contributed by atoms with Crippen LogP contribution in [0.25, 0.3) is 0 Å². The van der Waals surface area contributed by atoms with Crippen LogP contribution in [-0.4, -0.2) is 17.0 Å². The average molecular weight is 176 g/mol. The Bertz CT molecular complexity index is 266. The van der Waals surface area contributed by atoms with Crippen LogP contribution in [0.15, 0.2) is 23.0 Å². The second kappa shape index (κ2) is 2.92. The zero-order valence-corrected chi connectivity index (χ0v) is 5.96. The number of carbonyl (C=O) groups is 1. The van der Waals surface area contributed by atoms with Crippen molar-refractivity contribution < 1.29 is 23.1 Å². The molecule has 0 spiro atoms. The Labute approximate surface area is 66.6 Å². The fraction of sp³-hybridized carbons (Fsp3) is 0.286. The van der Waals surface area contributed by atoms with E-state index in [4.69, 9.17) is 5.11 Å². The summed E-state index contributed by atoms with van der Waals surface area (Å²) in [5, 5.41) is 8.06. The first-order valence-corrected chi connectivity index (χ1v) is 3.14. The van der Waals surface area contributed by atoms with Gasteiger partial charge in [-0.05, 0) is 11.6 Å². The maximum Gasteiger partial charge on any atom is 0.374 e. The van der Waals surface area contributed by atoms with Gasteiger partial charge in [-0.1, -0.05) is 0 Å². The number of rotatable bonds is 3. The van der Waals surface area contributed by atoms with Gasteiger partial charge in [-0.3, -0.25) is 0 Å². The van der Waals surface area contributed by atoms with Crippen LogP contribution < -0.4 is 0 Å². The summed E-state index contributed by atoms with van der Waals surface area (Å²) in [6, 6.07) is 1.30. The van der Waals surface area contributed by atoms with Gasteiger partial charge in [0.2, 0.25) is 0 Å². The Morgan fingerprint density at radius 3 is 2.75 bits per heavy atom. The molecule has 1 heterocycles. The molecule has 0 aliphatic carbocycles. The molecular formula is C7H6F2O3. The number of hydrogen-bond acceptors (Lipinski definition) is 2. The molecular weight excluding hydrogens is 170 g/mol. The number of alkyl halides is 2. The van der Waals surface area contributed by atoms with E-state index in [1.54, 1.807) is 0 Å². The number of hydrogen-bond donors (Lipinski definition) is 1. The van der Waals surface area contributed by atoms with Crippen LogP contribution in [0.1, 0.15) is 5.56 Å². The molecule has 0 fully saturated rings. The minimum atomic E-state index is -3.72. The van der Waals surface area contributed by atoms with E-state index in [-0.39, 0.29) is 5.56 Å². The van der Waals surface area contributed by atoms with Gasteiger partial charge >= 0.3 is 11.9 Å². The van der Waals surface area contributed by atoms with Gasteiger partial charge in [-0.2, -0.15) is 8.78 Å². The quantitative estimate of drug-likeness (QED) is 0.759. The van der Waals surface area contributed by atoms with Gasteiger partial charge in [-0.15, -0.1) is 0 Å². The highest BCUT2D eigenvalue weighted by Crippen LogP contribution is 2.20. The van der Waals surface area contributed by atoms with Gasteiger partial charge in [0.15, 0.2) is 0 Å². The van der Waals surface area contributed by atoms with E-state index in [0.717, 1.165) is 6.26 Å². The Balaban J connectivity index is 2.69. The second-order valence-corrected chi connectivity index (χ2v) is 2.32. The molecule has 1 N–H and O–H groups in total. The van der Waals surface area contributed by atoms with Gasteiger partial charge in [0.1, 0.15) is 0 Å². The minimum Gasteiger partial charge on any atom is -0.477 e. The first-order chi connectivity index (χ1) is 5.52. The molecule has 0 aliphatic rings. The molecule has 0 aliphatic heterocycles. The van der Waals surface area contributed by atoms with E-state index in [2.05, 4.69) is 4.42 Å². The van der Waals surface area contributed by atoms with Crippen LogP contribution in [-0.2, 0) is 11.2 Å². The summed E-state index contributed by atoms with van der Waals surface area (Å²) in [5.41, 5.74) is 0.169. The minimum absolute atomic E-state index is 0.169. The Morgan fingerprint density at radius 2 is 2.33 bits per heavy atom. The monoisotopic (exact) mass is 176 g/mol. The van der Waals surface area contributed by atoms with Crippen molar-refractivity contribution in [3.63, 3.8) is 0 Å². The second-order valence-electron chi connectivity index (χ2n) is 2.32. The molecule has 0 bridgehead atoms. The van der Waals surface area contributed by atoms with E-state index in [0.29, 0.717) is 0 Å². The fourth-order valence-corrected chi connectivity index (χ4v) is 0.725. The molecule has 0 aromatic carbocycles. The molecule has 0 amide bonds. The Kier molecular flexibility index (Phi) is 2.12. The average Bonchev–Trinajstić information content (AvgIpc) is 2.38. The van der Waals surface area contributed by atoms with Gasteiger partial charge in [-0.25, -0.2) is 4.79 Å². The van der Waals surface area contributed by atoms with Crippen molar-refractivity contribution in [3.8, 4) is 0 Å². The van der Waals surface area contributed by atoms with Crippen molar-refractivity contribution in [1.29, 1.82) is 0 Å². The van der Waals surface area contributed by atoms with Gasteiger partial charge < -0.3 is 9.52 Å². The third-order valence-electron chi connectivity index (χ3n) is 1.32. The van der Waals surface area contributed by atoms with Crippen molar-refractivity contribution in [1.82, 2.24) is 0 Å². The lowest BCUT2D eigenvalue weighted by Gasteiger charge is -2.08. The lowest BCUT2D eigenvalue weighted by atomic mass is 10.1. The molecule has 0 saturated heterocycles. The van der Waals surface area contributed by atoms with Crippen LogP contribution in [0.4, 0.5) is 8.78 Å². The van der Waals surface area contributed by atoms with Crippen LogP contribution in [0.5, 0.6) is 0 Å². The number of carboxylic acid groups (broad SMARTS) is 1. The van der Waals surface area contributed by atoms with Gasteiger partial charge in [0, 0.05) is 0 Å². The molecule has 1 rings (SSSR count). The molecule has 0 radical (unpaired) electrons. The Hall–Kier alpha value is -1.39. The summed E-state index contributed by atoms with van der Waals surface area (Å²) in [6.45, 7) is 0. The van der Waals surface area contributed by atoms with E-state index in [1.807, 2.05) is 0 Å². The Morgan fingerprint density at radius 1 is 1.67 bits per heavy atom. The van der Waals surface area contributed by atoms with Crippen molar-refractivity contribution in [2.24, 2.45) is 0 Å². The number of carboxylic acids is 1. The van der Waals surface area contributed by atoms with E-state index in [9.17, 15) is 13.6 Å². The summed E-state index contributed by atoms with van der Waals surface area (Å²) in [5.74, 6) is -5.84. The van der Waals surface area contributed by atoms with Crippen LogP contribution in [0.3, 0.4) is 0 Å². The van der Waals surface area contributed by atoms with Crippen molar-refractivity contribution in [3.05, 3.63) is 24.2 Å². The fourth-order valence-electron chi connectivity index (χ4n) is 0.725. The molecule has 66 valence electrons. The van der Waals surface area contributed by atoms with Gasteiger partial charge in [0.25, 0.3) is 0 Å². The summed E-state index contributed by atoms with van der Waals surface area (Å²) < 4.78 is 29.5. The highest BCUT2D eigenvalue weighted by atomic mass is 19.3. The zero-order chi connectivity index (χ0) is 9.19. The maximum absolute atomic E-state index is 12.5. The summed E-state index contributed by atoms with van der Waals surface area (Å²) in [7, 11) is 0. The smallest absolute Gasteiger partial charge is 0.374 e. The highest BCUT2D eigenvalue weighted by molar-refractivity contribution is 5.75. The summed E-state index contributed by atoms with van der Waals surface area (Å²) in [4.78, 5) is 9.97. The van der Waals surface area contributed by atoms with Crippen molar-refractivity contribution >= 4 is 5.97 Å². The standard InChI is InChI=1S/C7H6F2O3/c8-7(9,6(10)11)3-5-1-2-12-4-5/h1-2,4H,3H2,(H,10,11). The molecule has 12 heavy (non-hydrogen) atoms. The predicted octanol–water partition coefficient (Wildman–Crippen LogP) is 1.54. The normalized spacial score (nSPS) is 11.5. The first kappa shape index (κ1) is 8.70. The number of furan rings is 1. The molecule has 1 aromatic rings. The topological polar surface area (TPSA) is 50.4 Å². The van der Waals surface area contributed by atoms with Crippen molar-refractivity contribution in [2.45, 2.75) is 12.3 Å². The first-order valence-electron chi connectivity index (χ1n) is 3.14. The molecule has 3 nitrogen and oxygen atoms in total. The highest BCUT2D eigenvalue weighted by Gasteiger charge is 2.38. The number of halogens is 2. The lowest BCUT2D eigenvalue weighted by molar-refractivity contribution is -0.164. The maximum atomic E-state index is 12.5. The van der Waals surface area contributed by atoms with Crippen LogP contribution in [0.2, 0.25) is 0 Å². The molecule has 1 aromatic heterocycles. The van der Waals surface area contributed by atoms with Crippen LogP contribution in [0, 0.1) is 0 Å². The predicted molar refractivity (Wildman–Crippen MR) is 35.0 cm³/mol. The molecule has 0 unspecified atom stereocenters. The SMILES string of the molecule is O=C(O)C(F)(F)Cc1ccoc1. The summed E-state index contributed by atoms with van der Waals surface area (Å²) in [6.07, 6.45) is 1.48. The van der Waals surface area contributed by atoms with Gasteiger partial charge in [0.05, 0.1) is 18.9 Å². The zero-order valence-electron chi connectivity index (χ0n) is 5.96. The third-order valence-corrected chi connectivity index (χ3v) is 1.32. The third kappa shape index (κ3) is 1.81. The van der Waals surface area contributed by atoms with E-state index < -0.39 is 18.3 Å². The van der Waals surface area contributed by atoms with Crippen molar-refractivity contribution in [2.75, 3.05) is 0 Å². The van der Waals surface area contributed by atoms with Crippen LogP contribution >= 0.6 is 0 Å². The molecule has 5 heteroatoms.